The number of nitrogens with zero attached hydrogens (tertiary/aromatic N) is 2. The summed E-state index contributed by atoms with van der Waals surface area (Å²) in [6, 6.07) is 17.0. The normalized spacial score (nSPS) is 19.6. The molecule has 136 valence electrons. The van der Waals surface area contributed by atoms with Crippen LogP contribution in [0.4, 0.5) is 0 Å². The first kappa shape index (κ1) is 16.9. The molecule has 2 aliphatic heterocycles. The molecule has 1 unspecified atom stereocenters. The van der Waals surface area contributed by atoms with E-state index in [1.165, 1.54) is 11.1 Å². The molecule has 1 saturated heterocycles. The van der Waals surface area contributed by atoms with Gasteiger partial charge in [0.2, 0.25) is 12.7 Å². The molecule has 0 N–H and O–H groups in total. The molecule has 2 aromatic carbocycles. The molecule has 0 saturated carbocycles. The number of carbonyl (C=O) groups excluding carboxylic acids is 1. The van der Waals surface area contributed by atoms with Crippen LogP contribution in [0.15, 0.2) is 48.5 Å². The van der Waals surface area contributed by atoms with E-state index < -0.39 is 0 Å². The predicted octanol–water partition coefficient (Wildman–Crippen LogP) is 2.69. The van der Waals surface area contributed by atoms with Gasteiger partial charge in [-0.2, -0.15) is 0 Å². The third-order valence-corrected chi connectivity index (χ3v) is 5.19. The fourth-order valence-corrected chi connectivity index (χ4v) is 3.74. The molecule has 5 nitrogen and oxygen atoms in total. The Morgan fingerprint density at radius 1 is 1.04 bits per heavy atom. The average Bonchev–Trinajstić information content (AvgIpc) is 3.11. The van der Waals surface area contributed by atoms with Gasteiger partial charge in [-0.15, -0.1) is 0 Å². The highest BCUT2D eigenvalue weighted by molar-refractivity contribution is 5.73. The van der Waals surface area contributed by atoms with Crippen LogP contribution in [0.2, 0.25) is 0 Å². The van der Waals surface area contributed by atoms with Gasteiger partial charge in [-0.3, -0.25) is 9.69 Å². The van der Waals surface area contributed by atoms with E-state index in [1.807, 2.05) is 17.0 Å². The monoisotopic (exact) mass is 352 g/mol. The van der Waals surface area contributed by atoms with Crippen molar-refractivity contribution >= 4 is 5.91 Å². The molecule has 4 rings (SSSR count). The molecule has 2 heterocycles. The van der Waals surface area contributed by atoms with Crippen LogP contribution in [0.5, 0.6) is 11.5 Å². The Balaban J connectivity index is 1.51. The summed E-state index contributed by atoms with van der Waals surface area (Å²) >= 11 is 0. The van der Waals surface area contributed by atoms with Crippen LogP contribution in [0.25, 0.3) is 0 Å². The Kier molecular flexibility index (Phi) is 4.80. The third kappa shape index (κ3) is 3.68. The Morgan fingerprint density at radius 2 is 1.85 bits per heavy atom. The molecule has 2 aliphatic rings. The van der Waals surface area contributed by atoms with Gasteiger partial charge in [-0.05, 0) is 29.7 Å². The van der Waals surface area contributed by atoms with E-state index in [9.17, 15) is 4.79 Å². The minimum absolute atomic E-state index is 0.158. The lowest BCUT2D eigenvalue weighted by Gasteiger charge is -2.41. The number of benzene rings is 2. The third-order valence-electron chi connectivity index (χ3n) is 5.19. The number of amides is 1. The Labute approximate surface area is 154 Å². The molecule has 2 aromatic rings. The zero-order chi connectivity index (χ0) is 17.9. The topological polar surface area (TPSA) is 42.0 Å². The zero-order valence-corrected chi connectivity index (χ0v) is 15.1. The summed E-state index contributed by atoms with van der Waals surface area (Å²) in [5, 5.41) is 0. The van der Waals surface area contributed by atoms with Gasteiger partial charge >= 0.3 is 0 Å². The van der Waals surface area contributed by atoms with Crippen LogP contribution in [-0.2, 0) is 17.8 Å². The van der Waals surface area contributed by atoms with Gasteiger partial charge < -0.3 is 14.4 Å². The Bertz CT molecular complexity index is 778. The first-order valence-corrected chi connectivity index (χ1v) is 9.11. The Hall–Kier alpha value is -2.53. The van der Waals surface area contributed by atoms with Crippen LogP contribution < -0.4 is 9.47 Å². The van der Waals surface area contributed by atoms with E-state index in [-0.39, 0.29) is 5.91 Å². The quantitative estimate of drug-likeness (QED) is 0.848. The van der Waals surface area contributed by atoms with Gasteiger partial charge in [0.25, 0.3) is 0 Å². The molecule has 0 aliphatic carbocycles. The second-order valence-electron chi connectivity index (χ2n) is 6.97. The number of hydrogen-bond acceptors (Lipinski definition) is 4. The maximum Gasteiger partial charge on any atom is 0.231 e. The number of fused-ring (bicyclic) bond motifs is 1. The van der Waals surface area contributed by atoms with Crippen molar-refractivity contribution < 1.29 is 14.3 Å². The molecule has 26 heavy (non-hydrogen) atoms. The van der Waals surface area contributed by atoms with Crippen molar-refractivity contribution in [3.05, 3.63) is 59.7 Å². The molecule has 1 fully saturated rings. The van der Waals surface area contributed by atoms with E-state index in [4.69, 9.17) is 9.47 Å². The average molecular weight is 352 g/mol. The highest BCUT2D eigenvalue weighted by Gasteiger charge is 2.28. The summed E-state index contributed by atoms with van der Waals surface area (Å²) in [6.45, 7) is 5.24. The van der Waals surface area contributed by atoms with Gasteiger partial charge in [0.1, 0.15) is 0 Å². The highest BCUT2D eigenvalue weighted by Crippen LogP contribution is 2.33. The van der Waals surface area contributed by atoms with Crippen molar-refractivity contribution in [3.8, 4) is 11.5 Å². The molecule has 0 aromatic heterocycles. The van der Waals surface area contributed by atoms with E-state index in [1.54, 1.807) is 6.92 Å². The van der Waals surface area contributed by atoms with Crippen molar-refractivity contribution in [2.24, 2.45) is 0 Å². The van der Waals surface area contributed by atoms with Crippen LogP contribution in [0.3, 0.4) is 0 Å². The standard InChI is InChI=1S/C21H24N2O3/c1-16(24)22-9-10-23(19(14-22)11-17-5-3-2-4-6-17)13-18-7-8-20-21(12-18)26-15-25-20/h2-8,12,19H,9-11,13-15H2,1H3. The van der Waals surface area contributed by atoms with Crippen LogP contribution >= 0.6 is 0 Å². The van der Waals surface area contributed by atoms with Gasteiger partial charge in [0, 0.05) is 39.1 Å². The molecule has 0 spiro atoms. The number of ether oxygens (including phenoxy) is 2. The lowest BCUT2D eigenvalue weighted by molar-refractivity contribution is -0.132. The molecule has 0 bridgehead atoms. The van der Waals surface area contributed by atoms with E-state index in [0.717, 1.165) is 44.1 Å². The molecule has 5 heteroatoms. The van der Waals surface area contributed by atoms with Crippen molar-refractivity contribution in [2.75, 3.05) is 26.4 Å². The van der Waals surface area contributed by atoms with E-state index in [2.05, 4.69) is 41.3 Å². The molecular formula is C21H24N2O3. The summed E-state index contributed by atoms with van der Waals surface area (Å²) in [5.74, 6) is 1.80. The number of carbonyl (C=O) groups is 1. The lowest BCUT2D eigenvalue weighted by Crippen LogP contribution is -2.54. The highest BCUT2D eigenvalue weighted by atomic mass is 16.7. The SMILES string of the molecule is CC(=O)N1CCN(Cc2ccc3c(c2)OCO3)C(Cc2ccccc2)C1. The second kappa shape index (κ2) is 7.38. The van der Waals surface area contributed by atoms with Crippen molar-refractivity contribution in [1.82, 2.24) is 9.80 Å². The van der Waals surface area contributed by atoms with Crippen LogP contribution in [-0.4, -0.2) is 48.2 Å². The maximum atomic E-state index is 11.9. The zero-order valence-electron chi connectivity index (χ0n) is 15.1. The summed E-state index contributed by atoms with van der Waals surface area (Å²) in [7, 11) is 0. The molecule has 1 atom stereocenters. The second-order valence-corrected chi connectivity index (χ2v) is 6.97. The molecular weight excluding hydrogens is 328 g/mol. The first-order chi connectivity index (χ1) is 12.7. The van der Waals surface area contributed by atoms with Crippen molar-refractivity contribution in [3.63, 3.8) is 0 Å². The van der Waals surface area contributed by atoms with E-state index in [0.29, 0.717) is 12.8 Å². The van der Waals surface area contributed by atoms with Gasteiger partial charge in [-0.25, -0.2) is 0 Å². The van der Waals surface area contributed by atoms with Gasteiger partial charge in [0.15, 0.2) is 11.5 Å². The maximum absolute atomic E-state index is 11.9. The van der Waals surface area contributed by atoms with Crippen LogP contribution in [0, 0.1) is 0 Å². The summed E-state index contributed by atoms with van der Waals surface area (Å²) in [6.07, 6.45) is 0.940. The number of hydrogen-bond donors (Lipinski definition) is 0. The first-order valence-electron chi connectivity index (χ1n) is 9.11. The largest absolute Gasteiger partial charge is 0.454 e. The molecule has 0 radical (unpaired) electrons. The minimum Gasteiger partial charge on any atom is -0.454 e. The summed E-state index contributed by atoms with van der Waals surface area (Å²) < 4.78 is 10.9. The van der Waals surface area contributed by atoms with Crippen molar-refractivity contribution in [1.29, 1.82) is 0 Å². The Morgan fingerprint density at radius 3 is 2.65 bits per heavy atom. The van der Waals surface area contributed by atoms with Crippen molar-refractivity contribution in [2.45, 2.75) is 25.9 Å². The van der Waals surface area contributed by atoms with Crippen LogP contribution in [0.1, 0.15) is 18.1 Å². The van der Waals surface area contributed by atoms with Gasteiger partial charge in [-0.1, -0.05) is 36.4 Å². The summed E-state index contributed by atoms with van der Waals surface area (Å²) in [4.78, 5) is 16.3. The smallest absolute Gasteiger partial charge is 0.231 e. The fraction of sp³-hybridized carbons (Fsp3) is 0.381. The number of piperazine rings is 1. The minimum atomic E-state index is 0.158. The lowest BCUT2D eigenvalue weighted by atomic mass is 10.0. The van der Waals surface area contributed by atoms with Gasteiger partial charge in [0.05, 0.1) is 0 Å². The predicted molar refractivity (Wildman–Crippen MR) is 99.2 cm³/mol. The summed E-state index contributed by atoms with van der Waals surface area (Å²) in [5.41, 5.74) is 2.52. The van der Waals surface area contributed by atoms with E-state index >= 15 is 0 Å². The molecule has 1 amide bonds. The number of rotatable bonds is 4. The fourth-order valence-electron chi connectivity index (χ4n) is 3.74.